The van der Waals surface area contributed by atoms with Crippen molar-refractivity contribution in [3.8, 4) is 0 Å². The van der Waals surface area contributed by atoms with Gasteiger partial charge in [0.1, 0.15) is 0 Å². The summed E-state index contributed by atoms with van der Waals surface area (Å²) in [6.45, 7) is 10.6. The summed E-state index contributed by atoms with van der Waals surface area (Å²) < 4.78 is 0. The molecule has 0 N–H and O–H groups in total. The average molecular weight is 153 g/mol. The minimum absolute atomic E-state index is 0.484. The molecule has 0 spiro atoms. The van der Waals surface area contributed by atoms with Crippen LogP contribution in [0.2, 0.25) is 0 Å². The van der Waals surface area contributed by atoms with Gasteiger partial charge in [-0.2, -0.15) is 0 Å². The molecule has 0 saturated heterocycles. The predicted octanol–water partition coefficient (Wildman–Crippen LogP) is 3.98. The Morgan fingerprint density at radius 2 is 1.91 bits per heavy atom. The van der Waals surface area contributed by atoms with Crippen molar-refractivity contribution in [2.24, 2.45) is 5.41 Å². The fourth-order valence-corrected chi connectivity index (χ4v) is 0.782. The van der Waals surface area contributed by atoms with Gasteiger partial charge in [-0.1, -0.05) is 46.3 Å². The molecule has 0 aromatic heterocycles. The standard InChI is InChI=1S/C11H21/c1-5-7-8-9-10-11(3,4)6-2/h8-9H,1,5-7,10H2,2-4H3. The number of hydrogen-bond acceptors (Lipinski definition) is 0. The first-order valence-corrected chi connectivity index (χ1v) is 4.56. The highest BCUT2D eigenvalue weighted by atomic mass is 14.2. The molecule has 0 fully saturated rings. The lowest BCUT2D eigenvalue weighted by atomic mass is 9.86. The van der Waals surface area contributed by atoms with Crippen LogP contribution in [0.1, 0.15) is 46.5 Å². The van der Waals surface area contributed by atoms with E-state index in [0.29, 0.717) is 5.41 Å². The van der Waals surface area contributed by atoms with Crippen molar-refractivity contribution in [2.75, 3.05) is 0 Å². The summed E-state index contributed by atoms with van der Waals surface area (Å²) in [5.41, 5.74) is 0.484. The third-order valence-electron chi connectivity index (χ3n) is 2.17. The Kier molecular flexibility index (Phi) is 5.27. The summed E-state index contributed by atoms with van der Waals surface area (Å²) in [6, 6.07) is 0. The average Bonchev–Trinajstić information content (AvgIpc) is 1.99. The van der Waals surface area contributed by atoms with E-state index in [1.807, 2.05) is 0 Å². The molecule has 0 rings (SSSR count). The summed E-state index contributed by atoms with van der Waals surface area (Å²) in [5.74, 6) is 0. The SMILES string of the molecule is [CH2]CCC=CCC(C)(C)CC. The van der Waals surface area contributed by atoms with Gasteiger partial charge in [0, 0.05) is 0 Å². The Hall–Kier alpha value is -0.260. The van der Waals surface area contributed by atoms with E-state index in [9.17, 15) is 0 Å². The molecule has 0 heteroatoms. The highest BCUT2D eigenvalue weighted by Crippen LogP contribution is 2.24. The molecule has 0 heterocycles. The maximum absolute atomic E-state index is 3.79. The van der Waals surface area contributed by atoms with E-state index in [2.05, 4.69) is 39.8 Å². The summed E-state index contributed by atoms with van der Waals surface area (Å²) in [7, 11) is 0. The first-order valence-electron chi connectivity index (χ1n) is 4.56. The molecule has 0 unspecified atom stereocenters. The zero-order chi connectivity index (χ0) is 8.74. The zero-order valence-corrected chi connectivity index (χ0v) is 8.19. The van der Waals surface area contributed by atoms with Crippen LogP contribution in [0.25, 0.3) is 0 Å². The van der Waals surface area contributed by atoms with Crippen LogP contribution in [0.5, 0.6) is 0 Å². The summed E-state index contributed by atoms with van der Waals surface area (Å²) in [4.78, 5) is 0. The van der Waals surface area contributed by atoms with Crippen molar-refractivity contribution in [3.63, 3.8) is 0 Å². The monoisotopic (exact) mass is 153 g/mol. The molecular formula is C11H21. The summed E-state index contributed by atoms with van der Waals surface area (Å²) in [6.07, 6.45) is 9.12. The number of unbranched alkanes of at least 4 members (excludes halogenated alkanes) is 1. The number of allylic oxidation sites excluding steroid dienone is 2. The zero-order valence-electron chi connectivity index (χ0n) is 8.19. The molecule has 0 aliphatic heterocycles. The van der Waals surface area contributed by atoms with Crippen molar-refractivity contribution in [1.29, 1.82) is 0 Å². The molecule has 0 amide bonds. The minimum atomic E-state index is 0.484. The lowest BCUT2D eigenvalue weighted by molar-refractivity contribution is 0.356. The van der Waals surface area contributed by atoms with E-state index in [0.717, 1.165) is 12.8 Å². The molecule has 65 valence electrons. The Morgan fingerprint density at radius 3 is 2.36 bits per heavy atom. The summed E-state index contributed by atoms with van der Waals surface area (Å²) >= 11 is 0. The molecule has 0 aliphatic carbocycles. The van der Waals surface area contributed by atoms with Gasteiger partial charge in [-0.25, -0.2) is 0 Å². The van der Waals surface area contributed by atoms with Crippen LogP contribution in [0, 0.1) is 12.3 Å². The number of hydrogen-bond donors (Lipinski definition) is 0. The van der Waals surface area contributed by atoms with Gasteiger partial charge in [0.05, 0.1) is 0 Å². The van der Waals surface area contributed by atoms with Crippen LogP contribution in [-0.2, 0) is 0 Å². The maximum Gasteiger partial charge on any atom is -0.0299 e. The predicted molar refractivity (Wildman–Crippen MR) is 52.4 cm³/mol. The van der Waals surface area contributed by atoms with E-state index < -0.39 is 0 Å². The second-order valence-corrected chi connectivity index (χ2v) is 3.84. The molecule has 0 aromatic carbocycles. The minimum Gasteiger partial charge on any atom is -0.0885 e. The first kappa shape index (κ1) is 10.7. The maximum atomic E-state index is 3.79. The van der Waals surface area contributed by atoms with E-state index in [1.165, 1.54) is 12.8 Å². The lowest BCUT2D eigenvalue weighted by Crippen LogP contribution is -2.07. The molecule has 0 nitrogen and oxygen atoms in total. The van der Waals surface area contributed by atoms with Crippen LogP contribution in [-0.4, -0.2) is 0 Å². The topological polar surface area (TPSA) is 0 Å². The van der Waals surface area contributed by atoms with Gasteiger partial charge < -0.3 is 0 Å². The lowest BCUT2D eigenvalue weighted by Gasteiger charge is -2.19. The highest BCUT2D eigenvalue weighted by Gasteiger charge is 2.11. The molecule has 0 aromatic rings. The van der Waals surface area contributed by atoms with Crippen molar-refractivity contribution >= 4 is 0 Å². The van der Waals surface area contributed by atoms with Gasteiger partial charge in [-0.15, -0.1) is 0 Å². The quantitative estimate of drug-likeness (QED) is 0.524. The van der Waals surface area contributed by atoms with E-state index in [1.54, 1.807) is 0 Å². The fourth-order valence-electron chi connectivity index (χ4n) is 0.782. The van der Waals surface area contributed by atoms with E-state index >= 15 is 0 Å². The summed E-state index contributed by atoms with van der Waals surface area (Å²) in [5, 5.41) is 0. The van der Waals surface area contributed by atoms with Gasteiger partial charge in [-0.05, 0) is 24.7 Å². The Labute approximate surface area is 71.7 Å². The normalized spacial score (nSPS) is 12.7. The smallest absolute Gasteiger partial charge is 0.0299 e. The Balaban J connectivity index is 3.51. The van der Waals surface area contributed by atoms with Crippen LogP contribution < -0.4 is 0 Å². The largest absolute Gasteiger partial charge is 0.0885 e. The molecule has 0 aliphatic rings. The van der Waals surface area contributed by atoms with Crippen molar-refractivity contribution < 1.29 is 0 Å². The van der Waals surface area contributed by atoms with Gasteiger partial charge in [0.2, 0.25) is 0 Å². The van der Waals surface area contributed by atoms with Gasteiger partial charge in [-0.3, -0.25) is 0 Å². The molecular weight excluding hydrogens is 132 g/mol. The van der Waals surface area contributed by atoms with E-state index in [4.69, 9.17) is 0 Å². The highest BCUT2D eigenvalue weighted by molar-refractivity contribution is 4.86. The third kappa shape index (κ3) is 6.15. The second kappa shape index (κ2) is 5.40. The third-order valence-corrected chi connectivity index (χ3v) is 2.17. The van der Waals surface area contributed by atoms with E-state index in [-0.39, 0.29) is 0 Å². The molecule has 1 radical (unpaired) electrons. The van der Waals surface area contributed by atoms with Crippen LogP contribution >= 0.6 is 0 Å². The molecule has 0 saturated carbocycles. The van der Waals surface area contributed by atoms with Gasteiger partial charge in [0.25, 0.3) is 0 Å². The van der Waals surface area contributed by atoms with Crippen LogP contribution in [0.15, 0.2) is 12.2 Å². The van der Waals surface area contributed by atoms with Crippen LogP contribution in [0.4, 0.5) is 0 Å². The van der Waals surface area contributed by atoms with Crippen LogP contribution in [0.3, 0.4) is 0 Å². The number of rotatable bonds is 5. The van der Waals surface area contributed by atoms with Crippen molar-refractivity contribution in [1.82, 2.24) is 0 Å². The van der Waals surface area contributed by atoms with Gasteiger partial charge in [0.15, 0.2) is 0 Å². The first-order chi connectivity index (χ1) is 5.12. The van der Waals surface area contributed by atoms with Gasteiger partial charge >= 0.3 is 0 Å². The Bertz CT molecular complexity index is 109. The molecule has 0 bridgehead atoms. The Morgan fingerprint density at radius 1 is 1.27 bits per heavy atom. The van der Waals surface area contributed by atoms with Crippen molar-refractivity contribution in [2.45, 2.75) is 46.5 Å². The fraction of sp³-hybridized carbons (Fsp3) is 0.727. The molecule has 11 heavy (non-hydrogen) atoms. The second-order valence-electron chi connectivity index (χ2n) is 3.84. The van der Waals surface area contributed by atoms with Crippen molar-refractivity contribution in [3.05, 3.63) is 19.1 Å². The molecule has 0 atom stereocenters.